The van der Waals surface area contributed by atoms with Crippen molar-refractivity contribution in [2.45, 2.75) is 302 Å². The van der Waals surface area contributed by atoms with Gasteiger partial charge in [0, 0.05) is 6.42 Å². The molecule has 0 heterocycles. The van der Waals surface area contributed by atoms with Crippen LogP contribution in [0, 0.1) is 0 Å². The van der Waals surface area contributed by atoms with E-state index in [1.54, 1.807) is 0 Å². The minimum Gasteiger partial charge on any atom is -0.462 e. The van der Waals surface area contributed by atoms with Crippen LogP contribution in [0.2, 0.25) is 0 Å². The lowest BCUT2D eigenvalue weighted by atomic mass is 10.0. The number of ether oxygens (including phenoxy) is 1. The number of aliphatic hydroxyl groups is 2. The maximum absolute atomic E-state index is 13.2. The Kier molecular flexibility index (Phi) is 45.5. The van der Waals surface area contributed by atoms with E-state index in [0.29, 0.717) is 19.3 Å². The zero-order valence-electron chi connectivity index (χ0n) is 39.2. The minimum atomic E-state index is -0.782. The molecule has 0 aromatic heterocycles. The van der Waals surface area contributed by atoms with Gasteiger partial charge in [-0.1, -0.05) is 232 Å². The number of carbonyl (C=O) groups is 2. The van der Waals surface area contributed by atoms with E-state index < -0.39 is 18.2 Å². The molecule has 0 bridgehead atoms. The van der Waals surface area contributed by atoms with Gasteiger partial charge in [-0.2, -0.15) is 0 Å². The molecular weight excluding hydrogens is 719 g/mol. The quantitative estimate of drug-likeness (QED) is 0.0323. The lowest BCUT2D eigenvalue weighted by Gasteiger charge is -2.24. The third-order valence-electron chi connectivity index (χ3n) is 12.1. The van der Waals surface area contributed by atoms with Crippen molar-refractivity contribution in [3.63, 3.8) is 0 Å². The Morgan fingerprint density at radius 2 is 0.828 bits per heavy atom. The molecule has 0 aromatic rings. The number of allylic oxidation sites excluding steroid dienone is 2. The maximum Gasteiger partial charge on any atom is 0.306 e. The summed E-state index contributed by atoms with van der Waals surface area (Å²) in [5, 5.41) is 23.7. The minimum absolute atomic E-state index is 0.0813. The molecule has 0 fully saturated rings. The van der Waals surface area contributed by atoms with Gasteiger partial charge in [0.2, 0.25) is 5.91 Å². The topological polar surface area (TPSA) is 95.9 Å². The van der Waals surface area contributed by atoms with Crippen LogP contribution >= 0.6 is 0 Å². The highest BCUT2D eigenvalue weighted by Gasteiger charge is 2.24. The summed E-state index contributed by atoms with van der Waals surface area (Å²) in [4.78, 5) is 26.1. The van der Waals surface area contributed by atoms with Crippen molar-refractivity contribution in [1.82, 2.24) is 5.32 Å². The Morgan fingerprint density at radius 1 is 0.483 bits per heavy atom. The number of amides is 1. The smallest absolute Gasteiger partial charge is 0.306 e. The maximum atomic E-state index is 13.2. The van der Waals surface area contributed by atoms with Gasteiger partial charge in [-0.15, -0.1) is 0 Å². The van der Waals surface area contributed by atoms with Crippen molar-refractivity contribution in [1.29, 1.82) is 0 Å². The number of rotatable bonds is 47. The molecule has 3 unspecified atom stereocenters. The van der Waals surface area contributed by atoms with Crippen LogP contribution in [-0.2, 0) is 14.3 Å². The Labute approximate surface area is 361 Å². The lowest BCUT2D eigenvalue weighted by molar-refractivity contribution is -0.151. The van der Waals surface area contributed by atoms with Crippen LogP contribution in [0.3, 0.4) is 0 Å². The summed E-state index contributed by atoms with van der Waals surface area (Å²) in [6, 6.07) is -0.695. The highest BCUT2D eigenvalue weighted by atomic mass is 16.5. The van der Waals surface area contributed by atoms with Gasteiger partial charge in [0.15, 0.2) is 0 Å². The van der Waals surface area contributed by atoms with Gasteiger partial charge in [0.1, 0.15) is 6.10 Å². The second kappa shape index (κ2) is 46.7. The van der Waals surface area contributed by atoms with Crippen LogP contribution in [0.25, 0.3) is 0 Å². The lowest BCUT2D eigenvalue weighted by Crippen LogP contribution is -2.46. The third-order valence-corrected chi connectivity index (χ3v) is 12.1. The summed E-state index contributed by atoms with van der Waals surface area (Å²) >= 11 is 0. The first-order valence-electron chi connectivity index (χ1n) is 25.9. The fraction of sp³-hybridized carbons (Fsp3) is 0.923. The second-order valence-corrected chi connectivity index (χ2v) is 17.9. The number of nitrogens with one attached hydrogen (secondary N) is 1. The van der Waals surface area contributed by atoms with Crippen molar-refractivity contribution in [2.75, 3.05) is 6.61 Å². The summed E-state index contributed by atoms with van der Waals surface area (Å²) in [5.41, 5.74) is 0. The summed E-state index contributed by atoms with van der Waals surface area (Å²) in [6.45, 7) is 6.49. The Hall–Kier alpha value is -1.40. The number of esters is 1. The molecule has 0 aliphatic carbocycles. The van der Waals surface area contributed by atoms with Crippen LogP contribution in [0.5, 0.6) is 0 Å². The Bertz CT molecular complexity index is 878. The van der Waals surface area contributed by atoms with Crippen LogP contribution in [0.15, 0.2) is 12.2 Å². The molecule has 3 N–H and O–H groups in total. The predicted molar refractivity (Wildman–Crippen MR) is 250 cm³/mol. The Morgan fingerprint density at radius 3 is 1.22 bits per heavy atom. The molecule has 0 rings (SSSR count). The van der Waals surface area contributed by atoms with Gasteiger partial charge in [0.25, 0.3) is 0 Å². The number of carbonyl (C=O) groups excluding carboxylic acids is 2. The molecule has 0 aliphatic rings. The second-order valence-electron chi connectivity index (χ2n) is 17.9. The van der Waals surface area contributed by atoms with Crippen LogP contribution in [0.4, 0.5) is 0 Å². The molecule has 344 valence electrons. The van der Waals surface area contributed by atoms with Crippen molar-refractivity contribution >= 4 is 11.9 Å². The average molecular weight is 820 g/mol. The summed E-state index contributed by atoms with van der Waals surface area (Å²) < 4.78 is 5.93. The zero-order valence-corrected chi connectivity index (χ0v) is 39.2. The van der Waals surface area contributed by atoms with Crippen molar-refractivity contribution in [3.8, 4) is 0 Å². The normalized spacial score (nSPS) is 13.3. The molecule has 6 heteroatoms. The monoisotopic (exact) mass is 820 g/mol. The molecular formula is C52H101NO5. The highest BCUT2D eigenvalue weighted by molar-refractivity contribution is 5.77. The molecule has 1 amide bonds. The fourth-order valence-electron chi connectivity index (χ4n) is 8.13. The summed E-state index contributed by atoms with van der Waals surface area (Å²) in [7, 11) is 0. The first-order chi connectivity index (χ1) is 28.5. The molecule has 0 saturated heterocycles. The van der Waals surface area contributed by atoms with E-state index in [1.165, 1.54) is 186 Å². The fourth-order valence-corrected chi connectivity index (χ4v) is 8.13. The molecule has 0 aromatic carbocycles. The molecule has 58 heavy (non-hydrogen) atoms. The van der Waals surface area contributed by atoms with Gasteiger partial charge in [-0.05, 0) is 51.4 Å². The van der Waals surface area contributed by atoms with E-state index in [-0.39, 0.29) is 24.9 Å². The van der Waals surface area contributed by atoms with Gasteiger partial charge in [-0.3, -0.25) is 9.59 Å². The standard InChI is InChI=1S/C52H101NO5/c1-4-7-10-13-16-19-22-24-25-26-27-30-33-36-39-42-45-52(57)58-48(43-40-37-34-31-29-23-20-17-14-11-8-5-2)46-51(56)53-49(47-54)50(55)44-41-38-35-32-28-21-18-15-12-9-6-3/h25-26,48-50,54-55H,4-24,27-47H2,1-3H3,(H,53,56)/b26-25+. The SMILES string of the molecule is CCCCCCCCC/C=C/CCCCCCCC(=O)OC(CCCCCCCCCCCCCC)CC(=O)NC(CO)C(O)CCCCCCCCCCCCC. The third kappa shape index (κ3) is 41.3. The van der Waals surface area contributed by atoms with Gasteiger partial charge in [0.05, 0.1) is 25.2 Å². The number of aliphatic hydroxyl groups excluding tert-OH is 2. The summed E-state index contributed by atoms with van der Waals surface area (Å²) in [5.74, 6) is -0.467. The van der Waals surface area contributed by atoms with Crippen LogP contribution in [-0.4, -0.2) is 46.9 Å². The van der Waals surface area contributed by atoms with Crippen molar-refractivity contribution < 1.29 is 24.5 Å². The van der Waals surface area contributed by atoms with Gasteiger partial charge >= 0.3 is 5.97 Å². The van der Waals surface area contributed by atoms with E-state index in [4.69, 9.17) is 4.74 Å². The summed E-state index contributed by atoms with van der Waals surface area (Å²) in [6.07, 6.45) is 51.3. The van der Waals surface area contributed by atoms with Crippen LogP contribution in [0.1, 0.15) is 284 Å². The molecule has 0 saturated carbocycles. The first-order valence-corrected chi connectivity index (χ1v) is 25.9. The van der Waals surface area contributed by atoms with Gasteiger partial charge in [-0.25, -0.2) is 0 Å². The molecule has 0 spiro atoms. The van der Waals surface area contributed by atoms with Gasteiger partial charge < -0.3 is 20.3 Å². The first kappa shape index (κ1) is 56.6. The zero-order chi connectivity index (χ0) is 42.4. The van der Waals surface area contributed by atoms with E-state index in [9.17, 15) is 19.8 Å². The van der Waals surface area contributed by atoms with Crippen LogP contribution < -0.4 is 5.32 Å². The van der Waals surface area contributed by atoms with Crippen molar-refractivity contribution in [2.24, 2.45) is 0 Å². The number of hydrogen-bond donors (Lipinski definition) is 3. The Balaban J connectivity index is 4.52. The van der Waals surface area contributed by atoms with E-state index >= 15 is 0 Å². The average Bonchev–Trinajstić information content (AvgIpc) is 3.22. The highest BCUT2D eigenvalue weighted by Crippen LogP contribution is 2.18. The van der Waals surface area contributed by atoms with E-state index in [0.717, 1.165) is 51.4 Å². The largest absolute Gasteiger partial charge is 0.462 e. The molecule has 3 atom stereocenters. The number of hydrogen-bond acceptors (Lipinski definition) is 5. The molecule has 0 radical (unpaired) electrons. The van der Waals surface area contributed by atoms with Crippen molar-refractivity contribution in [3.05, 3.63) is 12.2 Å². The molecule has 0 aliphatic heterocycles. The molecule has 6 nitrogen and oxygen atoms in total. The van der Waals surface area contributed by atoms with E-state index in [2.05, 4.69) is 38.2 Å². The number of unbranched alkanes of at least 4 members (excludes halogenated alkanes) is 33. The van der Waals surface area contributed by atoms with E-state index in [1.807, 2.05) is 0 Å². The predicted octanol–water partition coefficient (Wildman–Crippen LogP) is 15.3.